The lowest BCUT2D eigenvalue weighted by atomic mass is 10.0. The second-order valence-electron chi connectivity index (χ2n) is 18.3. The van der Waals surface area contributed by atoms with Crippen molar-refractivity contribution in [3.8, 4) is 0 Å². The normalized spacial score (nSPS) is 22.6. The van der Waals surface area contributed by atoms with Crippen LogP contribution in [0.4, 0.5) is 0 Å². The molecule has 0 saturated carbocycles. The third-order valence-electron chi connectivity index (χ3n) is 11.0. The fourth-order valence-corrected chi connectivity index (χ4v) is 7.46. The van der Waals surface area contributed by atoms with E-state index in [-0.39, 0.29) is 21.3 Å². The molecule has 266 valence electrons. The zero-order valence-corrected chi connectivity index (χ0v) is 35.2. The van der Waals surface area contributed by atoms with Gasteiger partial charge in [-0.25, -0.2) is 0 Å². The van der Waals surface area contributed by atoms with E-state index in [0.717, 1.165) is 64.2 Å². The summed E-state index contributed by atoms with van der Waals surface area (Å²) < 4.78 is 25.4. The molecule has 2 heterocycles. The highest BCUT2D eigenvalue weighted by atomic mass is 28.4. The predicted molar refractivity (Wildman–Crippen MR) is 204 cm³/mol. The molecule has 0 N–H and O–H groups in total. The molecule has 0 radical (unpaired) electrons. The first-order valence-corrected chi connectivity index (χ1v) is 24.1. The monoisotopic (exact) mass is 675 g/mol. The Kier molecular flexibility index (Phi) is 14.4. The van der Waals surface area contributed by atoms with Crippen LogP contribution in [0.15, 0.2) is 47.0 Å². The summed E-state index contributed by atoms with van der Waals surface area (Å²) in [6.07, 6.45) is 20.8. The molecule has 0 bridgehead atoms. The number of unbranched alkanes of at least 4 members (excludes halogenated alkanes) is 1. The minimum absolute atomic E-state index is 0.0793. The van der Waals surface area contributed by atoms with Crippen LogP contribution in [-0.4, -0.2) is 40.0 Å². The first-order chi connectivity index (χ1) is 20.9. The van der Waals surface area contributed by atoms with E-state index in [1.807, 2.05) is 0 Å². The van der Waals surface area contributed by atoms with Gasteiger partial charge in [-0.05, 0) is 141 Å². The third-order valence-corrected chi connectivity index (χ3v) is 19.8. The SMILES string of the molecule is C/C(=C\CC/C(=C/CC/C=C(/CC/C=C(\C)CC[C@@H]1OC1(C)C)O[Si](C)(C)C(C)(C)C)O[Si](C)(C)C(C)(C)C)CC[C@@H]1OC1(C)C. The van der Waals surface area contributed by atoms with Crippen LogP contribution in [0.5, 0.6) is 0 Å². The van der Waals surface area contributed by atoms with Crippen molar-refractivity contribution in [3.05, 3.63) is 47.0 Å². The largest absolute Gasteiger partial charge is 0.547 e. The molecule has 0 spiro atoms. The Bertz CT molecular complexity index is 1020. The second-order valence-corrected chi connectivity index (χ2v) is 27.8. The van der Waals surface area contributed by atoms with Crippen molar-refractivity contribution in [2.45, 2.75) is 207 Å². The maximum absolute atomic E-state index is 6.89. The smallest absolute Gasteiger partial charge is 0.250 e. The summed E-state index contributed by atoms with van der Waals surface area (Å²) in [6.45, 7) is 36.7. The lowest BCUT2D eigenvalue weighted by molar-refractivity contribution is 0.319. The van der Waals surface area contributed by atoms with Gasteiger partial charge >= 0.3 is 0 Å². The summed E-state index contributed by atoms with van der Waals surface area (Å²) in [4.78, 5) is 0. The molecule has 2 saturated heterocycles. The van der Waals surface area contributed by atoms with Crippen LogP contribution < -0.4 is 0 Å². The van der Waals surface area contributed by atoms with Gasteiger partial charge in [0.05, 0.1) is 34.9 Å². The highest BCUT2D eigenvalue weighted by Gasteiger charge is 2.47. The Labute approximate surface area is 288 Å². The summed E-state index contributed by atoms with van der Waals surface area (Å²) in [5.74, 6) is 2.34. The molecule has 0 aromatic carbocycles. The summed E-state index contributed by atoms with van der Waals surface area (Å²) in [5, 5.41) is 0.346. The van der Waals surface area contributed by atoms with Crippen molar-refractivity contribution < 1.29 is 18.3 Å². The van der Waals surface area contributed by atoms with E-state index in [0.29, 0.717) is 12.2 Å². The van der Waals surface area contributed by atoms with Gasteiger partial charge in [-0.1, -0.05) is 64.8 Å². The number of rotatable bonds is 19. The van der Waals surface area contributed by atoms with Crippen LogP contribution in [0.2, 0.25) is 36.3 Å². The standard InChI is InChI=1S/C40H74O4Si2/c1-31(27-29-35-39(9,10)41-35)21-19-25-33(43-45(13,14)37(3,4)5)23-17-18-24-34(44-46(15,16)38(6,7)8)26-20-22-32(2)28-30-36-40(11,12)42-36/h21-24,35-36H,17-20,25-30H2,1-16H3/b31-21+,32-22+,33-23-,34-24-/t35-,36-/m0/s1. The number of allylic oxidation sites excluding steroid dienone is 8. The molecule has 6 heteroatoms. The molecular formula is C40H74O4Si2. The van der Waals surface area contributed by atoms with Gasteiger partial charge in [0.2, 0.25) is 16.6 Å². The number of epoxide rings is 2. The molecule has 0 aromatic rings. The van der Waals surface area contributed by atoms with Gasteiger partial charge in [0, 0.05) is 12.8 Å². The molecule has 2 aliphatic heterocycles. The van der Waals surface area contributed by atoms with Crippen LogP contribution in [0.1, 0.15) is 147 Å². The first kappa shape index (κ1) is 41.1. The highest BCUT2D eigenvalue weighted by Crippen LogP contribution is 2.41. The zero-order valence-electron chi connectivity index (χ0n) is 33.2. The predicted octanol–water partition coefficient (Wildman–Crippen LogP) is 12.9. The van der Waals surface area contributed by atoms with Gasteiger partial charge in [-0.3, -0.25) is 0 Å². The van der Waals surface area contributed by atoms with Crippen LogP contribution >= 0.6 is 0 Å². The van der Waals surface area contributed by atoms with E-state index < -0.39 is 16.6 Å². The van der Waals surface area contributed by atoms with Crippen molar-refractivity contribution in [2.75, 3.05) is 0 Å². The Morgan fingerprint density at radius 1 is 0.565 bits per heavy atom. The molecule has 2 atom stereocenters. The van der Waals surface area contributed by atoms with Gasteiger partial charge in [-0.15, -0.1) is 0 Å². The topological polar surface area (TPSA) is 43.5 Å². The van der Waals surface area contributed by atoms with Crippen molar-refractivity contribution in [1.82, 2.24) is 0 Å². The highest BCUT2D eigenvalue weighted by molar-refractivity contribution is 6.74. The van der Waals surface area contributed by atoms with E-state index in [9.17, 15) is 0 Å². The van der Waals surface area contributed by atoms with Crippen LogP contribution in [-0.2, 0) is 18.3 Å². The second kappa shape index (κ2) is 16.1. The number of hydrogen-bond acceptors (Lipinski definition) is 4. The molecule has 0 aromatic heterocycles. The molecule has 46 heavy (non-hydrogen) atoms. The van der Waals surface area contributed by atoms with E-state index in [1.54, 1.807) is 0 Å². The molecule has 4 nitrogen and oxygen atoms in total. The molecule has 2 fully saturated rings. The van der Waals surface area contributed by atoms with Gasteiger partial charge in [0.25, 0.3) is 0 Å². The first-order valence-electron chi connectivity index (χ1n) is 18.3. The van der Waals surface area contributed by atoms with Crippen LogP contribution in [0, 0.1) is 0 Å². The molecule has 2 aliphatic rings. The average molecular weight is 675 g/mol. The van der Waals surface area contributed by atoms with Gasteiger partial charge in [-0.2, -0.15) is 0 Å². The summed E-state index contributed by atoms with van der Waals surface area (Å²) in [5.41, 5.74) is 3.08. The van der Waals surface area contributed by atoms with Crippen molar-refractivity contribution in [3.63, 3.8) is 0 Å². The average Bonchev–Trinajstić information content (AvgIpc) is 3.72. The lowest BCUT2D eigenvalue weighted by Crippen LogP contribution is -2.40. The third kappa shape index (κ3) is 13.8. The van der Waals surface area contributed by atoms with Crippen LogP contribution in [0.25, 0.3) is 0 Å². The molecule has 0 unspecified atom stereocenters. The fraction of sp³-hybridized carbons (Fsp3) is 0.800. The molecular weight excluding hydrogens is 601 g/mol. The molecule has 2 rings (SSSR count). The number of hydrogen-bond donors (Lipinski definition) is 0. The van der Waals surface area contributed by atoms with E-state index in [2.05, 4.69) is 134 Å². The Hall–Kier alpha value is -1.09. The van der Waals surface area contributed by atoms with Gasteiger partial charge < -0.3 is 18.3 Å². The Morgan fingerprint density at radius 2 is 0.870 bits per heavy atom. The van der Waals surface area contributed by atoms with Gasteiger partial charge in [0.15, 0.2) is 0 Å². The lowest BCUT2D eigenvalue weighted by Gasteiger charge is -2.37. The van der Waals surface area contributed by atoms with Gasteiger partial charge in [0.1, 0.15) is 0 Å². The van der Waals surface area contributed by atoms with E-state index in [4.69, 9.17) is 18.3 Å². The Morgan fingerprint density at radius 3 is 1.13 bits per heavy atom. The van der Waals surface area contributed by atoms with E-state index in [1.165, 1.54) is 22.7 Å². The minimum Gasteiger partial charge on any atom is -0.547 e. The maximum atomic E-state index is 6.89. The van der Waals surface area contributed by atoms with Crippen LogP contribution in [0.3, 0.4) is 0 Å². The fourth-order valence-electron chi connectivity index (χ4n) is 5.16. The molecule has 0 aliphatic carbocycles. The Balaban J connectivity index is 2.07. The quantitative estimate of drug-likeness (QED) is 0.0450. The molecule has 0 amide bonds. The summed E-state index contributed by atoms with van der Waals surface area (Å²) in [6, 6.07) is 0. The van der Waals surface area contributed by atoms with Crippen molar-refractivity contribution in [1.29, 1.82) is 0 Å². The van der Waals surface area contributed by atoms with Crippen molar-refractivity contribution >= 4 is 16.6 Å². The maximum Gasteiger partial charge on any atom is 0.250 e. The zero-order chi connectivity index (χ0) is 35.2. The summed E-state index contributed by atoms with van der Waals surface area (Å²) >= 11 is 0. The van der Waals surface area contributed by atoms with Crippen molar-refractivity contribution in [2.24, 2.45) is 0 Å². The number of ether oxygens (including phenoxy) is 2. The summed E-state index contributed by atoms with van der Waals surface area (Å²) in [7, 11) is -3.84. The minimum atomic E-state index is -1.92. The van der Waals surface area contributed by atoms with E-state index >= 15 is 0 Å².